The number of imidazole rings is 1. The summed E-state index contributed by atoms with van der Waals surface area (Å²) in [5.74, 6) is 1.32. The molecule has 0 aliphatic carbocycles. The Bertz CT molecular complexity index is 1450. The molecule has 5 heteroatoms. The van der Waals surface area contributed by atoms with Crippen LogP contribution in [-0.2, 0) is 4.79 Å². The number of carboxylic acid groups (broad SMARTS) is 1. The highest BCUT2D eigenvalue weighted by atomic mass is 16.5. The van der Waals surface area contributed by atoms with Crippen molar-refractivity contribution in [2.75, 3.05) is 0 Å². The van der Waals surface area contributed by atoms with Crippen molar-refractivity contribution < 1.29 is 14.6 Å². The summed E-state index contributed by atoms with van der Waals surface area (Å²) in [5.41, 5.74) is 4.49. The summed E-state index contributed by atoms with van der Waals surface area (Å²) in [4.78, 5) is 15.8. The third-order valence-corrected chi connectivity index (χ3v) is 5.20. The molecular weight excluding hydrogens is 412 g/mol. The molecule has 4 aromatic carbocycles. The first-order valence-electron chi connectivity index (χ1n) is 10.5. The molecule has 0 saturated carbocycles. The van der Waals surface area contributed by atoms with E-state index in [1.165, 1.54) is 0 Å². The number of hydrogen-bond acceptors (Lipinski definition) is 3. The zero-order chi connectivity index (χ0) is 22.6. The number of rotatable bonds is 6. The van der Waals surface area contributed by atoms with Gasteiger partial charge in [-0.25, -0.2) is 9.78 Å². The van der Waals surface area contributed by atoms with E-state index in [9.17, 15) is 4.79 Å². The second-order valence-electron chi connectivity index (χ2n) is 7.47. The molecular formula is C28H20N2O3. The molecule has 0 aliphatic rings. The first-order valence-corrected chi connectivity index (χ1v) is 10.5. The molecule has 1 N–H and O–H groups in total. The summed E-state index contributed by atoms with van der Waals surface area (Å²) >= 11 is 0. The van der Waals surface area contributed by atoms with Gasteiger partial charge >= 0.3 is 5.97 Å². The fraction of sp³-hybridized carbons (Fsp3) is 0. The third kappa shape index (κ3) is 4.38. The Hall–Kier alpha value is -4.64. The van der Waals surface area contributed by atoms with Gasteiger partial charge in [0, 0.05) is 17.3 Å². The van der Waals surface area contributed by atoms with Gasteiger partial charge < -0.3 is 9.84 Å². The van der Waals surface area contributed by atoms with Crippen molar-refractivity contribution in [1.82, 2.24) is 9.55 Å². The molecule has 5 rings (SSSR count). The highest BCUT2D eigenvalue weighted by Gasteiger charge is 2.14. The first kappa shape index (κ1) is 20.3. The fourth-order valence-corrected chi connectivity index (χ4v) is 3.72. The average molecular weight is 432 g/mol. The van der Waals surface area contributed by atoms with E-state index in [2.05, 4.69) is 4.57 Å². The topological polar surface area (TPSA) is 64.3 Å². The van der Waals surface area contributed by atoms with Crippen molar-refractivity contribution in [3.8, 4) is 28.6 Å². The van der Waals surface area contributed by atoms with Gasteiger partial charge in [0.15, 0.2) is 0 Å². The summed E-state index contributed by atoms with van der Waals surface area (Å²) < 4.78 is 8.03. The van der Waals surface area contributed by atoms with Crippen LogP contribution in [0, 0.1) is 0 Å². The molecule has 160 valence electrons. The number of benzene rings is 4. The lowest BCUT2D eigenvalue weighted by Crippen LogP contribution is -1.98. The third-order valence-electron chi connectivity index (χ3n) is 5.20. The quantitative estimate of drug-likeness (QED) is 0.308. The van der Waals surface area contributed by atoms with Gasteiger partial charge in [0.05, 0.1) is 11.0 Å². The monoisotopic (exact) mass is 432 g/mol. The lowest BCUT2D eigenvalue weighted by molar-refractivity contribution is -0.131. The van der Waals surface area contributed by atoms with Crippen LogP contribution in [0.4, 0.5) is 0 Å². The molecule has 0 aliphatic heterocycles. The molecule has 0 bridgehead atoms. The minimum absolute atomic E-state index is 0.747. The van der Waals surface area contributed by atoms with Crippen LogP contribution in [-0.4, -0.2) is 20.6 Å². The molecule has 0 saturated heterocycles. The Morgan fingerprint density at radius 2 is 1.55 bits per heavy atom. The number of ether oxygens (including phenoxy) is 1. The number of aromatic nitrogens is 2. The second kappa shape index (κ2) is 8.85. The second-order valence-corrected chi connectivity index (χ2v) is 7.47. The van der Waals surface area contributed by atoms with Crippen LogP contribution >= 0.6 is 0 Å². The Morgan fingerprint density at radius 3 is 2.33 bits per heavy atom. The number of para-hydroxylation sites is 3. The first-order chi connectivity index (χ1) is 16.2. The largest absolute Gasteiger partial charge is 0.478 e. The molecule has 0 atom stereocenters. The van der Waals surface area contributed by atoms with Crippen molar-refractivity contribution >= 4 is 23.1 Å². The van der Waals surface area contributed by atoms with Gasteiger partial charge in [0.1, 0.15) is 17.3 Å². The van der Waals surface area contributed by atoms with Gasteiger partial charge in [-0.15, -0.1) is 0 Å². The van der Waals surface area contributed by atoms with E-state index >= 15 is 0 Å². The average Bonchev–Trinajstić information content (AvgIpc) is 3.24. The maximum atomic E-state index is 10.9. The molecule has 0 spiro atoms. The van der Waals surface area contributed by atoms with Crippen molar-refractivity contribution in [3.63, 3.8) is 0 Å². The number of aliphatic carboxylic acids is 1. The molecule has 0 unspecified atom stereocenters. The van der Waals surface area contributed by atoms with Gasteiger partial charge in [0.2, 0.25) is 0 Å². The predicted molar refractivity (Wildman–Crippen MR) is 130 cm³/mol. The minimum atomic E-state index is -0.981. The van der Waals surface area contributed by atoms with E-state index in [-0.39, 0.29) is 0 Å². The molecule has 1 heterocycles. The van der Waals surface area contributed by atoms with Crippen molar-refractivity contribution in [3.05, 3.63) is 115 Å². The van der Waals surface area contributed by atoms with Crippen LogP contribution in [0.1, 0.15) is 5.56 Å². The number of carboxylic acids is 1. The minimum Gasteiger partial charge on any atom is -0.478 e. The zero-order valence-electron chi connectivity index (χ0n) is 17.6. The van der Waals surface area contributed by atoms with Crippen molar-refractivity contribution in [2.24, 2.45) is 0 Å². The van der Waals surface area contributed by atoms with E-state index in [0.29, 0.717) is 0 Å². The maximum Gasteiger partial charge on any atom is 0.328 e. The number of fused-ring (bicyclic) bond motifs is 1. The van der Waals surface area contributed by atoms with Crippen LogP contribution in [0.2, 0.25) is 0 Å². The molecule has 0 fully saturated rings. The zero-order valence-corrected chi connectivity index (χ0v) is 17.6. The highest BCUT2D eigenvalue weighted by molar-refractivity contribution is 5.86. The van der Waals surface area contributed by atoms with Gasteiger partial charge in [-0.05, 0) is 66.2 Å². The van der Waals surface area contributed by atoms with Gasteiger partial charge in [-0.2, -0.15) is 0 Å². The van der Waals surface area contributed by atoms with Crippen LogP contribution in [0.15, 0.2) is 109 Å². The van der Waals surface area contributed by atoms with E-state index < -0.39 is 5.97 Å². The molecule has 5 aromatic rings. The number of hydrogen-bond donors (Lipinski definition) is 1. The summed E-state index contributed by atoms with van der Waals surface area (Å²) in [6.45, 7) is 0. The molecule has 5 nitrogen and oxygen atoms in total. The lowest BCUT2D eigenvalue weighted by Gasteiger charge is -2.11. The SMILES string of the molecule is O=C(O)C=Cc1cccc(-c2nc3ccccc3n2-c2ccc(Oc3ccccc3)cc2)c1. The Labute approximate surface area is 190 Å². The highest BCUT2D eigenvalue weighted by Crippen LogP contribution is 2.31. The molecule has 1 aromatic heterocycles. The number of carbonyl (C=O) groups is 1. The van der Waals surface area contributed by atoms with Gasteiger partial charge in [-0.1, -0.05) is 48.5 Å². The Morgan fingerprint density at radius 1 is 0.818 bits per heavy atom. The smallest absolute Gasteiger partial charge is 0.328 e. The van der Waals surface area contributed by atoms with E-state index in [1.807, 2.05) is 103 Å². The van der Waals surface area contributed by atoms with E-state index in [0.717, 1.165) is 51.2 Å². The van der Waals surface area contributed by atoms with E-state index in [1.54, 1.807) is 6.08 Å². The normalized spacial score (nSPS) is 11.2. The summed E-state index contributed by atoms with van der Waals surface area (Å²) in [6.07, 6.45) is 2.71. The summed E-state index contributed by atoms with van der Waals surface area (Å²) in [7, 11) is 0. The van der Waals surface area contributed by atoms with E-state index in [4.69, 9.17) is 14.8 Å². The lowest BCUT2D eigenvalue weighted by atomic mass is 10.1. The van der Waals surface area contributed by atoms with Crippen LogP contribution < -0.4 is 4.74 Å². The van der Waals surface area contributed by atoms with Gasteiger partial charge in [-0.3, -0.25) is 4.57 Å². The van der Waals surface area contributed by atoms with Crippen LogP contribution in [0.25, 0.3) is 34.2 Å². The Kier molecular flexibility index (Phi) is 5.43. The maximum absolute atomic E-state index is 10.9. The number of nitrogens with zero attached hydrogens (tertiary/aromatic N) is 2. The van der Waals surface area contributed by atoms with Crippen LogP contribution in [0.3, 0.4) is 0 Å². The molecule has 0 amide bonds. The van der Waals surface area contributed by atoms with Crippen LogP contribution in [0.5, 0.6) is 11.5 Å². The van der Waals surface area contributed by atoms with Crippen molar-refractivity contribution in [1.29, 1.82) is 0 Å². The molecule has 0 radical (unpaired) electrons. The van der Waals surface area contributed by atoms with Gasteiger partial charge in [0.25, 0.3) is 0 Å². The summed E-state index contributed by atoms with van der Waals surface area (Å²) in [5, 5.41) is 8.95. The standard InChI is InChI=1S/C28H20N2O3/c31-27(32)18-13-20-7-6-8-21(19-20)28-29-25-11-4-5-12-26(25)30(28)22-14-16-24(17-15-22)33-23-9-2-1-3-10-23/h1-19H,(H,31,32). The Balaban J connectivity index is 1.57. The summed E-state index contributed by atoms with van der Waals surface area (Å²) in [6, 6.07) is 33.2. The molecule has 33 heavy (non-hydrogen) atoms. The predicted octanol–water partition coefficient (Wildman–Crippen LogP) is 6.58. The fourth-order valence-electron chi connectivity index (χ4n) is 3.72. The van der Waals surface area contributed by atoms with Crippen molar-refractivity contribution in [2.45, 2.75) is 0 Å².